The first-order valence-corrected chi connectivity index (χ1v) is 7.56. The van der Waals surface area contributed by atoms with Gasteiger partial charge in [-0.25, -0.2) is 4.39 Å². The van der Waals surface area contributed by atoms with Gasteiger partial charge in [-0.2, -0.15) is 0 Å². The van der Waals surface area contributed by atoms with E-state index in [0.29, 0.717) is 0 Å². The molecule has 0 bridgehead atoms. The third-order valence-electron chi connectivity index (χ3n) is 3.99. The maximum atomic E-state index is 14.2. The first-order chi connectivity index (χ1) is 10.0. The highest BCUT2D eigenvalue weighted by Gasteiger charge is 2.15. The molecule has 0 saturated carbocycles. The van der Waals surface area contributed by atoms with Gasteiger partial charge in [0.2, 0.25) is 0 Å². The molecule has 1 N–H and O–H groups in total. The van der Waals surface area contributed by atoms with E-state index in [2.05, 4.69) is 44.3 Å². The van der Waals surface area contributed by atoms with E-state index in [1.54, 1.807) is 6.07 Å². The average Bonchev–Trinajstić information content (AvgIpc) is 2.42. The first kappa shape index (κ1) is 15.7. The second kappa shape index (κ2) is 6.86. The Kier molecular flexibility index (Phi) is 5.13. The van der Waals surface area contributed by atoms with E-state index in [-0.39, 0.29) is 11.9 Å². The second-order valence-electron chi connectivity index (χ2n) is 5.76. The summed E-state index contributed by atoms with van der Waals surface area (Å²) in [6, 6.07) is 12.0. The molecule has 0 aliphatic heterocycles. The molecule has 0 amide bonds. The molecule has 0 aromatic heterocycles. The Morgan fingerprint density at radius 3 is 2.38 bits per heavy atom. The predicted molar refractivity (Wildman–Crippen MR) is 87.2 cm³/mol. The molecule has 0 saturated heterocycles. The van der Waals surface area contributed by atoms with Crippen LogP contribution in [0, 0.1) is 26.6 Å². The molecule has 0 aliphatic carbocycles. The fourth-order valence-electron chi connectivity index (χ4n) is 2.62. The summed E-state index contributed by atoms with van der Waals surface area (Å²) in [7, 11) is 0. The van der Waals surface area contributed by atoms with Crippen molar-refractivity contribution in [1.82, 2.24) is 5.32 Å². The van der Waals surface area contributed by atoms with Crippen molar-refractivity contribution in [3.8, 4) is 0 Å². The van der Waals surface area contributed by atoms with E-state index >= 15 is 0 Å². The summed E-state index contributed by atoms with van der Waals surface area (Å²) >= 11 is 0. The molecule has 2 heteroatoms. The molecule has 1 nitrogen and oxygen atoms in total. The largest absolute Gasteiger partial charge is 0.310 e. The Morgan fingerprint density at radius 1 is 1.00 bits per heavy atom. The van der Waals surface area contributed by atoms with Crippen LogP contribution in [0.5, 0.6) is 0 Å². The fraction of sp³-hybridized carbons (Fsp3) is 0.368. The Labute approximate surface area is 127 Å². The van der Waals surface area contributed by atoms with Crippen molar-refractivity contribution in [1.29, 1.82) is 0 Å². The molecule has 2 rings (SSSR count). The first-order valence-electron chi connectivity index (χ1n) is 7.56. The smallest absolute Gasteiger partial charge is 0.128 e. The standard InChI is InChI=1S/C19H24FN/c1-5-21-19(17-9-6-13(2)10-18(17)20)12-16-8-7-14(3)15(4)11-16/h6-11,19,21H,5,12H2,1-4H3. The zero-order chi connectivity index (χ0) is 15.4. The number of rotatable bonds is 5. The number of aryl methyl sites for hydroxylation is 3. The minimum Gasteiger partial charge on any atom is -0.310 e. The van der Waals surface area contributed by atoms with Gasteiger partial charge in [0.15, 0.2) is 0 Å². The minimum absolute atomic E-state index is 0.0118. The molecular formula is C19H24FN. The molecule has 1 unspecified atom stereocenters. The van der Waals surface area contributed by atoms with Crippen molar-refractivity contribution in [2.45, 2.75) is 40.2 Å². The summed E-state index contributed by atoms with van der Waals surface area (Å²) in [6.45, 7) is 9.02. The van der Waals surface area contributed by atoms with Crippen LogP contribution in [-0.4, -0.2) is 6.54 Å². The minimum atomic E-state index is -0.121. The van der Waals surface area contributed by atoms with Gasteiger partial charge in [-0.1, -0.05) is 37.3 Å². The lowest BCUT2D eigenvalue weighted by Gasteiger charge is -2.20. The van der Waals surface area contributed by atoms with Crippen LogP contribution in [0.25, 0.3) is 0 Å². The van der Waals surface area contributed by atoms with Crippen LogP contribution in [-0.2, 0) is 6.42 Å². The molecule has 2 aromatic carbocycles. The van der Waals surface area contributed by atoms with Crippen molar-refractivity contribution in [2.75, 3.05) is 6.54 Å². The topological polar surface area (TPSA) is 12.0 Å². The van der Waals surface area contributed by atoms with E-state index < -0.39 is 0 Å². The van der Waals surface area contributed by atoms with E-state index in [1.165, 1.54) is 16.7 Å². The van der Waals surface area contributed by atoms with Gasteiger partial charge in [-0.05, 0) is 62.1 Å². The van der Waals surface area contributed by atoms with Crippen LogP contribution in [0.1, 0.15) is 40.8 Å². The lowest BCUT2D eigenvalue weighted by atomic mass is 9.95. The van der Waals surface area contributed by atoms with Gasteiger partial charge < -0.3 is 5.32 Å². The van der Waals surface area contributed by atoms with Crippen LogP contribution in [0.15, 0.2) is 36.4 Å². The predicted octanol–water partition coefficient (Wildman–Crippen LogP) is 4.64. The highest BCUT2D eigenvalue weighted by atomic mass is 19.1. The van der Waals surface area contributed by atoms with Crippen LogP contribution in [0.3, 0.4) is 0 Å². The van der Waals surface area contributed by atoms with E-state index in [9.17, 15) is 4.39 Å². The summed E-state index contributed by atoms with van der Waals surface area (Å²) in [5.41, 5.74) is 5.52. The highest BCUT2D eigenvalue weighted by Crippen LogP contribution is 2.23. The molecular weight excluding hydrogens is 261 g/mol. The Morgan fingerprint density at radius 2 is 1.76 bits per heavy atom. The maximum absolute atomic E-state index is 14.2. The number of halogens is 1. The molecule has 21 heavy (non-hydrogen) atoms. The van der Waals surface area contributed by atoms with Gasteiger partial charge >= 0.3 is 0 Å². The molecule has 0 fully saturated rings. The van der Waals surface area contributed by atoms with Crippen molar-refractivity contribution in [2.24, 2.45) is 0 Å². The molecule has 0 radical (unpaired) electrons. The van der Waals surface area contributed by atoms with Crippen LogP contribution >= 0.6 is 0 Å². The van der Waals surface area contributed by atoms with Crippen molar-refractivity contribution >= 4 is 0 Å². The van der Waals surface area contributed by atoms with Crippen molar-refractivity contribution in [3.63, 3.8) is 0 Å². The number of likely N-dealkylation sites (N-methyl/N-ethyl adjacent to an activating group) is 1. The van der Waals surface area contributed by atoms with Gasteiger partial charge in [-0.15, -0.1) is 0 Å². The van der Waals surface area contributed by atoms with E-state index in [4.69, 9.17) is 0 Å². The average molecular weight is 285 g/mol. The maximum Gasteiger partial charge on any atom is 0.128 e. The van der Waals surface area contributed by atoms with Gasteiger partial charge in [0.05, 0.1) is 0 Å². The number of hydrogen-bond donors (Lipinski definition) is 1. The van der Waals surface area contributed by atoms with Crippen molar-refractivity contribution < 1.29 is 4.39 Å². The summed E-state index contributed by atoms with van der Waals surface area (Å²) in [5.74, 6) is -0.121. The Bertz CT molecular complexity index is 619. The molecule has 0 spiro atoms. The lowest BCUT2D eigenvalue weighted by Crippen LogP contribution is -2.24. The Hall–Kier alpha value is -1.67. The zero-order valence-electron chi connectivity index (χ0n) is 13.3. The van der Waals surface area contributed by atoms with E-state index in [1.807, 2.05) is 19.1 Å². The molecule has 0 aliphatic rings. The van der Waals surface area contributed by atoms with Gasteiger partial charge in [0, 0.05) is 11.6 Å². The molecule has 1 atom stereocenters. The monoisotopic (exact) mass is 285 g/mol. The zero-order valence-corrected chi connectivity index (χ0v) is 13.3. The SMILES string of the molecule is CCNC(Cc1ccc(C)c(C)c1)c1ccc(C)cc1F. The summed E-state index contributed by atoms with van der Waals surface area (Å²) < 4.78 is 14.2. The van der Waals surface area contributed by atoms with Crippen LogP contribution < -0.4 is 5.32 Å². The molecule has 0 heterocycles. The summed E-state index contributed by atoms with van der Waals surface area (Å²) in [5, 5.41) is 3.40. The van der Waals surface area contributed by atoms with Crippen LogP contribution in [0.4, 0.5) is 4.39 Å². The van der Waals surface area contributed by atoms with E-state index in [0.717, 1.165) is 24.1 Å². The third-order valence-corrected chi connectivity index (χ3v) is 3.99. The summed E-state index contributed by atoms with van der Waals surface area (Å²) in [6.07, 6.45) is 0.801. The fourth-order valence-corrected chi connectivity index (χ4v) is 2.62. The quantitative estimate of drug-likeness (QED) is 0.843. The Balaban J connectivity index is 2.28. The van der Waals surface area contributed by atoms with Crippen molar-refractivity contribution in [3.05, 3.63) is 70.0 Å². The normalized spacial score (nSPS) is 12.4. The number of nitrogens with one attached hydrogen (secondary N) is 1. The van der Waals surface area contributed by atoms with Gasteiger partial charge in [-0.3, -0.25) is 0 Å². The molecule has 112 valence electrons. The highest BCUT2D eigenvalue weighted by molar-refractivity contribution is 5.32. The summed E-state index contributed by atoms with van der Waals surface area (Å²) in [4.78, 5) is 0. The van der Waals surface area contributed by atoms with Gasteiger partial charge in [0.25, 0.3) is 0 Å². The molecule has 2 aromatic rings. The lowest BCUT2D eigenvalue weighted by molar-refractivity contribution is 0.509. The van der Waals surface area contributed by atoms with Crippen LogP contribution in [0.2, 0.25) is 0 Å². The number of benzene rings is 2. The third kappa shape index (κ3) is 3.92. The second-order valence-corrected chi connectivity index (χ2v) is 5.76. The number of hydrogen-bond acceptors (Lipinski definition) is 1. The van der Waals surface area contributed by atoms with Gasteiger partial charge in [0.1, 0.15) is 5.82 Å².